The van der Waals surface area contributed by atoms with Gasteiger partial charge in [0.1, 0.15) is 0 Å². The van der Waals surface area contributed by atoms with Crippen LogP contribution in [0.4, 0.5) is 0 Å². The van der Waals surface area contributed by atoms with Gasteiger partial charge in [-0.15, -0.1) is 0 Å². The molecule has 0 amide bonds. The van der Waals surface area contributed by atoms with Crippen LogP contribution in [0.1, 0.15) is 24.8 Å². The van der Waals surface area contributed by atoms with Crippen LogP contribution in [0.25, 0.3) is 0 Å². The molecule has 3 fully saturated rings. The number of aromatic nitrogens is 2. The van der Waals surface area contributed by atoms with Crippen LogP contribution >= 0.6 is 0 Å². The Labute approximate surface area is 126 Å². The van der Waals surface area contributed by atoms with E-state index in [0.717, 1.165) is 51.8 Å². The van der Waals surface area contributed by atoms with Crippen LogP contribution in [0.3, 0.4) is 0 Å². The summed E-state index contributed by atoms with van der Waals surface area (Å²) >= 11 is 0. The number of aryl methyl sites for hydroxylation is 1. The second-order valence-electron chi connectivity index (χ2n) is 7.05. The zero-order chi connectivity index (χ0) is 14.3. The average molecular weight is 291 g/mol. The lowest BCUT2D eigenvalue weighted by Gasteiger charge is -2.50. The Morgan fingerprint density at radius 1 is 1.33 bits per heavy atom. The monoisotopic (exact) mass is 291 g/mol. The molecule has 5 nitrogen and oxygen atoms in total. The first-order valence-corrected chi connectivity index (χ1v) is 8.15. The van der Waals surface area contributed by atoms with E-state index in [9.17, 15) is 0 Å². The lowest BCUT2D eigenvalue weighted by Crippen LogP contribution is -2.64. The minimum absolute atomic E-state index is 0.0752. The number of hydrogen-bond acceptors (Lipinski definition) is 4. The Morgan fingerprint density at radius 3 is 2.90 bits per heavy atom. The van der Waals surface area contributed by atoms with Crippen molar-refractivity contribution in [3.63, 3.8) is 0 Å². The first-order chi connectivity index (χ1) is 10.2. The molecule has 1 unspecified atom stereocenters. The highest BCUT2D eigenvalue weighted by Crippen LogP contribution is 2.41. The van der Waals surface area contributed by atoms with Gasteiger partial charge in [-0.05, 0) is 25.2 Å². The SMILES string of the molecule is Cn1cc(CN2CC3(C2)OCCC3COCC2CC2)cn1. The topological polar surface area (TPSA) is 39.5 Å². The number of likely N-dealkylation sites (tertiary alicyclic amines) is 1. The fraction of sp³-hybridized carbons (Fsp3) is 0.812. The molecule has 0 radical (unpaired) electrons. The second-order valence-corrected chi connectivity index (χ2v) is 7.05. The fourth-order valence-electron chi connectivity index (χ4n) is 3.67. The van der Waals surface area contributed by atoms with Crippen LogP contribution in [0, 0.1) is 11.8 Å². The highest BCUT2D eigenvalue weighted by molar-refractivity contribution is 5.10. The molecule has 2 aliphatic heterocycles. The van der Waals surface area contributed by atoms with E-state index in [1.54, 1.807) is 0 Å². The van der Waals surface area contributed by atoms with Crippen molar-refractivity contribution in [3.8, 4) is 0 Å². The van der Waals surface area contributed by atoms with E-state index in [1.165, 1.54) is 18.4 Å². The summed E-state index contributed by atoms with van der Waals surface area (Å²) in [6.45, 7) is 5.81. The standard InChI is InChI=1S/C16H25N3O2/c1-18-7-14(6-17-18)8-19-11-16(12-19)15(4-5-21-16)10-20-9-13-2-3-13/h6-7,13,15H,2-5,8-12H2,1H3. The Kier molecular flexibility index (Phi) is 3.52. The molecule has 5 heteroatoms. The number of nitrogens with zero attached hydrogens (tertiary/aromatic N) is 3. The van der Waals surface area contributed by atoms with E-state index in [4.69, 9.17) is 9.47 Å². The van der Waals surface area contributed by atoms with Crippen molar-refractivity contribution < 1.29 is 9.47 Å². The first kappa shape index (κ1) is 13.7. The maximum absolute atomic E-state index is 6.09. The van der Waals surface area contributed by atoms with Crippen molar-refractivity contribution in [2.45, 2.75) is 31.4 Å². The van der Waals surface area contributed by atoms with E-state index >= 15 is 0 Å². The fourth-order valence-corrected chi connectivity index (χ4v) is 3.67. The summed E-state index contributed by atoms with van der Waals surface area (Å²) in [5.74, 6) is 1.44. The molecule has 4 rings (SSSR count). The van der Waals surface area contributed by atoms with Gasteiger partial charge in [0.05, 0.1) is 18.4 Å². The van der Waals surface area contributed by atoms with Gasteiger partial charge in [0.25, 0.3) is 0 Å². The van der Waals surface area contributed by atoms with Crippen LogP contribution in [0.2, 0.25) is 0 Å². The summed E-state index contributed by atoms with van der Waals surface area (Å²) in [5, 5.41) is 4.23. The molecule has 1 aromatic rings. The Hall–Kier alpha value is -0.910. The van der Waals surface area contributed by atoms with Gasteiger partial charge in [-0.25, -0.2) is 0 Å². The molecule has 2 saturated heterocycles. The third-order valence-electron chi connectivity index (χ3n) is 5.12. The van der Waals surface area contributed by atoms with E-state index in [-0.39, 0.29) is 5.60 Å². The highest BCUT2D eigenvalue weighted by atomic mass is 16.5. The molecule has 0 aromatic carbocycles. The Morgan fingerprint density at radius 2 is 2.19 bits per heavy atom. The second kappa shape index (κ2) is 5.38. The van der Waals surface area contributed by atoms with Crippen LogP contribution < -0.4 is 0 Å². The predicted molar refractivity (Wildman–Crippen MR) is 78.8 cm³/mol. The molecule has 1 spiro atoms. The summed E-state index contributed by atoms with van der Waals surface area (Å²) < 4.78 is 13.9. The summed E-state index contributed by atoms with van der Waals surface area (Å²) in [6, 6.07) is 0. The van der Waals surface area contributed by atoms with Crippen LogP contribution in [0.15, 0.2) is 12.4 Å². The van der Waals surface area contributed by atoms with Gasteiger partial charge in [-0.2, -0.15) is 5.10 Å². The predicted octanol–water partition coefficient (Wildman–Crippen LogP) is 1.44. The molecule has 1 aliphatic carbocycles. The van der Waals surface area contributed by atoms with E-state index in [0.29, 0.717) is 5.92 Å². The lowest BCUT2D eigenvalue weighted by molar-refractivity contribution is -0.146. The molecule has 1 aromatic heterocycles. The summed E-state index contributed by atoms with van der Waals surface area (Å²) in [7, 11) is 1.97. The van der Waals surface area contributed by atoms with Gasteiger partial charge in [-0.3, -0.25) is 9.58 Å². The maximum atomic E-state index is 6.09. The van der Waals surface area contributed by atoms with Crippen LogP contribution in [-0.4, -0.2) is 53.2 Å². The zero-order valence-electron chi connectivity index (χ0n) is 12.8. The number of ether oxygens (including phenoxy) is 2. The molecular weight excluding hydrogens is 266 g/mol. The first-order valence-electron chi connectivity index (χ1n) is 8.15. The van der Waals surface area contributed by atoms with E-state index < -0.39 is 0 Å². The zero-order valence-corrected chi connectivity index (χ0v) is 12.8. The third kappa shape index (κ3) is 2.87. The normalized spacial score (nSPS) is 28.1. The molecule has 3 heterocycles. The van der Waals surface area contributed by atoms with E-state index in [1.807, 2.05) is 17.9 Å². The number of hydrogen-bond donors (Lipinski definition) is 0. The van der Waals surface area contributed by atoms with Crippen molar-refractivity contribution in [1.29, 1.82) is 0 Å². The van der Waals surface area contributed by atoms with Crippen molar-refractivity contribution in [1.82, 2.24) is 14.7 Å². The molecule has 1 saturated carbocycles. The number of rotatable bonds is 6. The quantitative estimate of drug-likeness (QED) is 0.795. The lowest BCUT2D eigenvalue weighted by atomic mass is 9.81. The molecule has 0 N–H and O–H groups in total. The minimum atomic E-state index is 0.0752. The smallest absolute Gasteiger partial charge is 0.0985 e. The van der Waals surface area contributed by atoms with Crippen LogP contribution in [-0.2, 0) is 23.1 Å². The van der Waals surface area contributed by atoms with Gasteiger partial charge >= 0.3 is 0 Å². The molecule has 21 heavy (non-hydrogen) atoms. The minimum Gasteiger partial charge on any atom is -0.381 e. The molecule has 3 aliphatic rings. The van der Waals surface area contributed by atoms with Crippen molar-refractivity contribution in [2.24, 2.45) is 18.9 Å². The van der Waals surface area contributed by atoms with Gasteiger partial charge in [0.15, 0.2) is 0 Å². The maximum Gasteiger partial charge on any atom is 0.0985 e. The van der Waals surface area contributed by atoms with Gasteiger partial charge in [0.2, 0.25) is 0 Å². The van der Waals surface area contributed by atoms with Crippen molar-refractivity contribution in [3.05, 3.63) is 18.0 Å². The third-order valence-corrected chi connectivity index (χ3v) is 5.12. The van der Waals surface area contributed by atoms with Gasteiger partial charge < -0.3 is 9.47 Å². The van der Waals surface area contributed by atoms with Gasteiger partial charge in [0, 0.05) is 57.6 Å². The summed E-state index contributed by atoms with van der Waals surface area (Å²) in [4.78, 5) is 2.45. The summed E-state index contributed by atoms with van der Waals surface area (Å²) in [5.41, 5.74) is 1.36. The molecule has 116 valence electrons. The molecule has 1 atom stereocenters. The Bertz CT molecular complexity index is 491. The highest BCUT2D eigenvalue weighted by Gasteiger charge is 2.52. The average Bonchev–Trinajstić information content (AvgIpc) is 3.01. The molecule has 0 bridgehead atoms. The van der Waals surface area contributed by atoms with Crippen molar-refractivity contribution in [2.75, 3.05) is 32.9 Å². The molecular formula is C16H25N3O2. The Balaban J connectivity index is 1.27. The van der Waals surface area contributed by atoms with Gasteiger partial charge in [-0.1, -0.05) is 0 Å². The largest absolute Gasteiger partial charge is 0.381 e. The van der Waals surface area contributed by atoms with Crippen molar-refractivity contribution >= 4 is 0 Å². The summed E-state index contributed by atoms with van der Waals surface area (Å²) in [6.07, 6.45) is 7.94. The van der Waals surface area contributed by atoms with Crippen LogP contribution in [0.5, 0.6) is 0 Å². The van der Waals surface area contributed by atoms with E-state index in [2.05, 4.69) is 16.2 Å².